The minimum Gasteiger partial charge on any atom is -0.345 e. The van der Waals surface area contributed by atoms with Gasteiger partial charge in [-0.05, 0) is 43.9 Å². The Balaban J connectivity index is 1.92. The van der Waals surface area contributed by atoms with Crippen LogP contribution in [0.2, 0.25) is 4.47 Å². The molecule has 2 rings (SSSR count). The van der Waals surface area contributed by atoms with Crippen LogP contribution in [0.25, 0.3) is 0 Å². The summed E-state index contributed by atoms with van der Waals surface area (Å²) in [7, 11) is 0. The number of hydrogen-bond acceptors (Lipinski definition) is 4. The van der Waals surface area contributed by atoms with Crippen molar-refractivity contribution in [2.24, 2.45) is 0 Å². The highest BCUT2D eigenvalue weighted by molar-refractivity contribution is 7.17. The molecule has 4 nitrogen and oxygen atoms in total. The zero-order chi connectivity index (χ0) is 14.6. The summed E-state index contributed by atoms with van der Waals surface area (Å²) in [5.74, 6) is -0.229. The number of rotatable bonds is 5. The Kier molecular flexibility index (Phi) is 4.73. The van der Waals surface area contributed by atoms with Gasteiger partial charge in [-0.15, -0.1) is 10.2 Å². The van der Waals surface area contributed by atoms with Crippen molar-refractivity contribution in [3.8, 4) is 0 Å². The van der Waals surface area contributed by atoms with Gasteiger partial charge in [-0.2, -0.15) is 0 Å². The van der Waals surface area contributed by atoms with Crippen molar-refractivity contribution in [3.05, 3.63) is 45.4 Å². The normalized spacial score (nSPS) is 11.3. The van der Waals surface area contributed by atoms with Crippen LogP contribution in [0.15, 0.2) is 30.3 Å². The molecule has 1 amide bonds. The number of carbonyl (C=O) groups is 1. The van der Waals surface area contributed by atoms with Crippen LogP contribution in [-0.4, -0.2) is 21.6 Å². The van der Waals surface area contributed by atoms with Gasteiger partial charge in [-0.25, -0.2) is 0 Å². The van der Waals surface area contributed by atoms with Crippen LogP contribution in [0.4, 0.5) is 0 Å². The van der Waals surface area contributed by atoms with E-state index in [1.54, 1.807) is 0 Å². The van der Waals surface area contributed by atoms with E-state index in [2.05, 4.69) is 27.6 Å². The number of aryl methyl sites for hydroxylation is 1. The monoisotopic (exact) mass is 309 g/mol. The van der Waals surface area contributed by atoms with Crippen molar-refractivity contribution >= 4 is 28.8 Å². The molecule has 106 valence electrons. The van der Waals surface area contributed by atoms with Gasteiger partial charge in [0, 0.05) is 5.54 Å². The fraction of sp³-hybridized carbons (Fsp3) is 0.357. The van der Waals surface area contributed by atoms with Crippen LogP contribution in [-0.2, 0) is 6.42 Å². The average Bonchev–Trinajstić information content (AvgIpc) is 2.84. The minimum atomic E-state index is -0.314. The number of hydrogen-bond donors (Lipinski definition) is 1. The second-order valence-electron chi connectivity index (χ2n) is 5.18. The summed E-state index contributed by atoms with van der Waals surface area (Å²) in [6.45, 7) is 3.99. The first kappa shape index (κ1) is 14.9. The topological polar surface area (TPSA) is 54.9 Å². The zero-order valence-electron chi connectivity index (χ0n) is 11.4. The van der Waals surface area contributed by atoms with Crippen molar-refractivity contribution in [3.63, 3.8) is 0 Å². The third-order valence-corrected chi connectivity index (χ3v) is 3.95. The fourth-order valence-electron chi connectivity index (χ4n) is 1.82. The van der Waals surface area contributed by atoms with Gasteiger partial charge in [0.25, 0.3) is 5.91 Å². The lowest BCUT2D eigenvalue weighted by Crippen LogP contribution is -2.43. The van der Waals surface area contributed by atoms with Gasteiger partial charge in [-0.3, -0.25) is 4.79 Å². The number of nitrogens with zero attached hydrogens (tertiary/aromatic N) is 2. The van der Waals surface area contributed by atoms with E-state index in [0.717, 1.165) is 24.2 Å². The van der Waals surface area contributed by atoms with Crippen molar-refractivity contribution in [2.75, 3.05) is 0 Å². The molecule has 1 aromatic heterocycles. The Morgan fingerprint density at radius 2 is 2.00 bits per heavy atom. The molecule has 1 aromatic carbocycles. The first-order valence-corrected chi connectivity index (χ1v) is 7.51. The lowest BCUT2D eigenvalue weighted by atomic mass is 9.95. The summed E-state index contributed by atoms with van der Waals surface area (Å²) in [6.07, 6.45) is 1.75. The number of nitrogens with one attached hydrogen (secondary N) is 1. The molecule has 1 N–H and O–H groups in total. The summed E-state index contributed by atoms with van der Waals surface area (Å²) in [4.78, 5) is 12.0. The van der Waals surface area contributed by atoms with Gasteiger partial charge < -0.3 is 5.32 Å². The summed E-state index contributed by atoms with van der Waals surface area (Å²) in [5.41, 5.74) is 0.944. The van der Waals surface area contributed by atoms with Crippen molar-refractivity contribution in [1.29, 1.82) is 0 Å². The van der Waals surface area contributed by atoms with E-state index in [1.165, 1.54) is 5.56 Å². The zero-order valence-corrected chi connectivity index (χ0v) is 13.0. The summed E-state index contributed by atoms with van der Waals surface area (Å²) >= 11 is 6.76. The summed E-state index contributed by atoms with van der Waals surface area (Å²) < 4.78 is 0.275. The Bertz CT molecular complexity index is 583. The number of benzene rings is 1. The Labute approximate surface area is 127 Å². The van der Waals surface area contributed by atoms with Crippen LogP contribution in [0.3, 0.4) is 0 Å². The summed E-state index contributed by atoms with van der Waals surface area (Å²) in [5, 5.41) is 10.6. The van der Waals surface area contributed by atoms with E-state index >= 15 is 0 Å². The molecule has 6 heteroatoms. The first-order valence-electron chi connectivity index (χ1n) is 6.32. The van der Waals surface area contributed by atoms with E-state index in [1.807, 2.05) is 32.0 Å². The first-order chi connectivity index (χ1) is 9.46. The van der Waals surface area contributed by atoms with Crippen molar-refractivity contribution in [2.45, 2.75) is 32.2 Å². The van der Waals surface area contributed by atoms with Crippen LogP contribution < -0.4 is 5.32 Å². The van der Waals surface area contributed by atoms with Gasteiger partial charge >= 0.3 is 0 Å². The highest BCUT2D eigenvalue weighted by Crippen LogP contribution is 2.18. The molecule has 0 aliphatic rings. The fourth-order valence-corrected chi connectivity index (χ4v) is 2.55. The van der Waals surface area contributed by atoms with Crippen LogP contribution in [0, 0.1) is 0 Å². The molecular formula is C14H16ClN3OS. The maximum atomic E-state index is 12.0. The van der Waals surface area contributed by atoms with Crippen LogP contribution in [0.1, 0.15) is 35.6 Å². The van der Waals surface area contributed by atoms with Gasteiger partial charge in [0.05, 0.1) is 0 Å². The third kappa shape index (κ3) is 4.28. The van der Waals surface area contributed by atoms with Gasteiger partial charge in [0.2, 0.25) is 9.47 Å². The Hall–Kier alpha value is -1.46. The molecule has 20 heavy (non-hydrogen) atoms. The van der Waals surface area contributed by atoms with Gasteiger partial charge in [-0.1, -0.05) is 41.7 Å². The molecule has 0 aliphatic carbocycles. The lowest BCUT2D eigenvalue weighted by molar-refractivity contribution is 0.0908. The molecule has 1 heterocycles. The van der Waals surface area contributed by atoms with Crippen molar-refractivity contribution in [1.82, 2.24) is 15.5 Å². The van der Waals surface area contributed by atoms with Crippen molar-refractivity contribution < 1.29 is 4.79 Å². The van der Waals surface area contributed by atoms with E-state index in [4.69, 9.17) is 11.6 Å². The maximum absolute atomic E-state index is 12.0. The average molecular weight is 310 g/mol. The third-order valence-electron chi connectivity index (χ3n) is 2.93. The predicted octanol–water partition coefficient (Wildman–Crippen LogP) is 3.33. The molecule has 0 radical (unpaired) electrons. The molecule has 2 aromatic rings. The quantitative estimate of drug-likeness (QED) is 0.921. The standard InChI is InChI=1S/C14H16ClN3OS/c1-14(2,9-8-10-6-4-3-5-7-10)16-11(19)12-17-18-13(15)20-12/h3-7H,8-9H2,1-2H3,(H,16,19). The molecule has 0 fully saturated rings. The number of amides is 1. The second kappa shape index (κ2) is 6.33. The van der Waals surface area contributed by atoms with E-state index in [-0.39, 0.29) is 15.9 Å². The van der Waals surface area contributed by atoms with E-state index < -0.39 is 0 Å². The number of halogens is 1. The highest BCUT2D eigenvalue weighted by Gasteiger charge is 2.23. The molecule has 0 aliphatic heterocycles. The number of carbonyl (C=O) groups excluding carboxylic acids is 1. The smallest absolute Gasteiger partial charge is 0.282 e. The largest absolute Gasteiger partial charge is 0.345 e. The van der Waals surface area contributed by atoms with Gasteiger partial charge in [0.15, 0.2) is 0 Å². The van der Waals surface area contributed by atoms with E-state index in [0.29, 0.717) is 5.01 Å². The predicted molar refractivity (Wildman–Crippen MR) is 81.2 cm³/mol. The molecule has 0 bridgehead atoms. The second-order valence-corrected chi connectivity index (χ2v) is 6.74. The number of aromatic nitrogens is 2. The van der Waals surface area contributed by atoms with E-state index in [9.17, 15) is 4.79 Å². The van der Waals surface area contributed by atoms with Crippen LogP contribution >= 0.6 is 22.9 Å². The Morgan fingerprint density at radius 3 is 2.60 bits per heavy atom. The molecule has 0 saturated carbocycles. The maximum Gasteiger partial charge on any atom is 0.282 e. The molecule has 0 unspecified atom stereocenters. The SMILES string of the molecule is CC(C)(CCc1ccccc1)NC(=O)c1nnc(Cl)s1. The molecule has 0 spiro atoms. The molecule has 0 atom stereocenters. The molecular weight excluding hydrogens is 294 g/mol. The minimum absolute atomic E-state index is 0.229. The van der Waals surface area contributed by atoms with Gasteiger partial charge in [0.1, 0.15) is 0 Å². The lowest BCUT2D eigenvalue weighted by Gasteiger charge is -2.25. The highest BCUT2D eigenvalue weighted by atomic mass is 35.5. The Morgan fingerprint density at radius 1 is 1.30 bits per heavy atom. The van der Waals surface area contributed by atoms with Crippen LogP contribution in [0.5, 0.6) is 0 Å². The molecule has 0 saturated heterocycles. The summed E-state index contributed by atoms with van der Waals surface area (Å²) in [6, 6.07) is 10.2.